The van der Waals surface area contributed by atoms with Crippen LogP contribution in [0.3, 0.4) is 0 Å². The van der Waals surface area contributed by atoms with E-state index in [2.05, 4.69) is 5.16 Å². The van der Waals surface area contributed by atoms with Crippen LogP contribution in [0.2, 0.25) is 0 Å². The minimum Gasteiger partial charge on any atom is -0.803 e. The molecule has 0 unspecified atom stereocenters. The van der Waals surface area contributed by atoms with E-state index in [0.717, 1.165) is 0 Å². The molecule has 3 aromatic rings. The van der Waals surface area contributed by atoms with E-state index in [1.807, 2.05) is 0 Å². The predicted octanol–water partition coefficient (Wildman–Crippen LogP) is 2.68. The van der Waals surface area contributed by atoms with E-state index in [1.54, 1.807) is 24.3 Å². The fourth-order valence-corrected chi connectivity index (χ4v) is 4.76. The molecule has 2 aromatic carbocycles. The lowest BCUT2D eigenvalue weighted by Crippen LogP contribution is -2.09. The van der Waals surface area contributed by atoms with Crippen molar-refractivity contribution < 1.29 is 37.8 Å². The molecule has 0 atom stereocenters. The van der Waals surface area contributed by atoms with Gasteiger partial charge in [0, 0.05) is 11.1 Å². The lowest BCUT2D eigenvalue weighted by atomic mass is 10.0. The molecule has 1 aliphatic rings. The molecule has 0 radical (unpaired) electrons. The third kappa shape index (κ3) is 3.92. The highest BCUT2D eigenvalue weighted by Crippen LogP contribution is 2.51. The van der Waals surface area contributed by atoms with Gasteiger partial charge in [0.15, 0.2) is 17.3 Å². The molecule has 2 heterocycles. The van der Waals surface area contributed by atoms with Crippen molar-refractivity contribution in [1.82, 2.24) is 5.16 Å². The van der Waals surface area contributed by atoms with E-state index in [9.17, 15) is 14.4 Å². The van der Waals surface area contributed by atoms with Crippen molar-refractivity contribution in [2.75, 3.05) is 21.0 Å². The van der Waals surface area contributed by atoms with Gasteiger partial charge < -0.3 is 37.8 Å². The van der Waals surface area contributed by atoms with E-state index in [4.69, 9.17) is 23.5 Å². The smallest absolute Gasteiger partial charge is 0.231 e. The van der Waals surface area contributed by atoms with Crippen molar-refractivity contribution >= 4 is 18.2 Å². The van der Waals surface area contributed by atoms with E-state index in [0.29, 0.717) is 39.7 Å². The van der Waals surface area contributed by atoms with Crippen LogP contribution >= 0.6 is 18.2 Å². The summed E-state index contributed by atoms with van der Waals surface area (Å²) in [5.74, 6) is 2.17. The number of nitrogens with zero attached hydrogens (tertiary/aromatic N) is 1. The Kier molecular flexibility index (Phi) is 5.18. The normalized spacial score (nSPS) is 12.8. The first kappa shape index (κ1) is 19.7. The molecule has 11 heteroatoms. The summed E-state index contributed by atoms with van der Waals surface area (Å²) < 4.78 is 38.0. The average molecular weight is 435 g/mol. The van der Waals surface area contributed by atoms with Gasteiger partial charge in [0.1, 0.15) is 5.75 Å². The summed E-state index contributed by atoms with van der Waals surface area (Å²) in [4.78, 5) is 22.7. The zero-order valence-electron chi connectivity index (χ0n) is 15.2. The van der Waals surface area contributed by atoms with Crippen molar-refractivity contribution in [2.45, 2.75) is 4.90 Å². The monoisotopic (exact) mass is 435 g/mol. The highest BCUT2D eigenvalue weighted by atomic mass is 32.7. The molecule has 9 nitrogen and oxygen atoms in total. The average Bonchev–Trinajstić information content (AvgIpc) is 3.35. The van der Waals surface area contributed by atoms with Crippen LogP contribution in [0, 0.1) is 0 Å². The molecular formula is C18H14NO8PS-2. The summed E-state index contributed by atoms with van der Waals surface area (Å²) in [6.45, 7) is -4.78. The van der Waals surface area contributed by atoms with Crippen LogP contribution in [0.25, 0.3) is 22.5 Å². The van der Waals surface area contributed by atoms with E-state index in [-0.39, 0.29) is 28.8 Å². The third-order valence-corrected chi connectivity index (χ3v) is 6.18. The Labute approximate surface area is 169 Å². The molecule has 0 aliphatic carbocycles. The SMILES string of the molecule is COc1ccc(-c2cnoc2-c2cc(OC)c3c(c2)OCO3)cc1SP(=O)([O-])[O-]. The number of hydrogen-bond acceptors (Lipinski definition) is 10. The van der Waals surface area contributed by atoms with Crippen molar-refractivity contribution in [3.8, 4) is 45.4 Å². The quantitative estimate of drug-likeness (QED) is 0.533. The Morgan fingerprint density at radius 2 is 1.86 bits per heavy atom. The van der Waals surface area contributed by atoms with Gasteiger partial charge in [-0.1, -0.05) is 22.6 Å². The van der Waals surface area contributed by atoms with Gasteiger partial charge in [-0.15, -0.1) is 0 Å². The zero-order valence-corrected chi connectivity index (χ0v) is 17.0. The number of aromatic nitrogens is 1. The molecule has 0 fully saturated rings. The highest BCUT2D eigenvalue weighted by molar-refractivity contribution is 8.53. The van der Waals surface area contributed by atoms with Crippen LogP contribution < -0.4 is 28.7 Å². The maximum atomic E-state index is 11.2. The van der Waals surface area contributed by atoms with Crippen molar-refractivity contribution in [1.29, 1.82) is 0 Å². The molecule has 152 valence electrons. The van der Waals surface area contributed by atoms with Gasteiger partial charge in [-0.3, -0.25) is 0 Å². The van der Waals surface area contributed by atoms with E-state index in [1.165, 1.54) is 26.5 Å². The Balaban J connectivity index is 1.80. The minimum absolute atomic E-state index is 0.0852. The van der Waals surface area contributed by atoms with Crippen LogP contribution in [-0.2, 0) is 4.57 Å². The standard InChI is InChI=1S/C18H16NO8PS/c1-23-13-4-3-10(7-16(13)29-28(20,21)22)12-8-19-27-17(12)11-5-14(24-2)18-15(6-11)25-9-26-18/h3-8H,9H2,1-2H3,(H2,20,21,22)/p-2. The van der Waals surface area contributed by atoms with Crippen LogP contribution in [0.4, 0.5) is 0 Å². The first-order valence-electron chi connectivity index (χ1n) is 8.22. The predicted molar refractivity (Wildman–Crippen MR) is 100 cm³/mol. The topological polar surface area (TPSA) is 126 Å². The van der Waals surface area contributed by atoms with Gasteiger partial charge in [-0.2, -0.15) is 0 Å². The van der Waals surface area contributed by atoms with Gasteiger partial charge >= 0.3 is 0 Å². The van der Waals surface area contributed by atoms with Crippen LogP contribution in [0.1, 0.15) is 0 Å². The van der Waals surface area contributed by atoms with Crippen molar-refractivity contribution in [2.24, 2.45) is 0 Å². The number of methoxy groups -OCH3 is 2. The molecule has 29 heavy (non-hydrogen) atoms. The fraction of sp³-hybridized carbons (Fsp3) is 0.167. The van der Waals surface area contributed by atoms with Crippen LogP contribution in [0.5, 0.6) is 23.0 Å². The molecule has 4 rings (SSSR count). The maximum Gasteiger partial charge on any atom is 0.231 e. The zero-order chi connectivity index (χ0) is 20.6. The summed E-state index contributed by atoms with van der Waals surface area (Å²) >= 11 is 0.199. The Morgan fingerprint density at radius 3 is 2.59 bits per heavy atom. The van der Waals surface area contributed by atoms with Gasteiger partial charge in [0.25, 0.3) is 0 Å². The second-order valence-corrected chi connectivity index (χ2v) is 9.29. The molecule has 0 saturated heterocycles. The summed E-state index contributed by atoms with van der Waals surface area (Å²) in [6.07, 6.45) is 1.50. The molecule has 1 aliphatic heterocycles. The number of fused-ring (bicyclic) bond motifs is 1. The summed E-state index contributed by atoms with van der Waals surface area (Å²) in [7, 11) is 2.91. The molecular weight excluding hydrogens is 421 g/mol. The maximum absolute atomic E-state index is 11.2. The second-order valence-electron chi connectivity index (χ2n) is 5.89. The van der Waals surface area contributed by atoms with Gasteiger partial charge in [0.2, 0.25) is 12.5 Å². The second kappa shape index (κ2) is 7.64. The minimum atomic E-state index is -4.86. The lowest BCUT2D eigenvalue weighted by Gasteiger charge is -2.28. The van der Waals surface area contributed by atoms with Gasteiger partial charge in [-0.25, -0.2) is 0 Å². The highest BCUT2D eigenvalue weighted by Gasteiger charge is 2.23. The number of ether oxygens (including phenoxy) is 4. The van der Waals surface area contributed by atoms with Gasteiger partial charge in [-0.05, 0) is 36.6 Å². The van der Waals surface area contributed by atoms with Crippen LogP contribution in [-0.4, -0.2) is 26.2 Å². The van der Waals surface area contributed by atoms with Crippen LogP contribution in [0.15, 0.2) is 45.9 Å². The molecule has 0 spiro atoms. The van der Waals surface area contributed by atoms with E-state index >= 15 is 0 Å². The first-order valence-corrected chi connectivity index (χ1v) is 11.2. The summed E-state index contributed by atoms with van der Waals surface area (Å²) in [5, 5.41) is 3.87. The lowest BCUT2D eigenvalue weighted by molar-refractivity contribution is -0.302. The molecule has 0 bridgehead atoms. The van der Waals surface area contributed by atoms with E-state index < -0.39 is 6.80 Å². The fourth-order valence-electron chi connectivity index (χ4n) is 2.95. The molecule has 0 saturated carbocycles. The Morgan fingerprint density at radius 1 is 1.07 bits per heavy atom. The number of rotatable bonds is 6. The Hall–Kier alpha value is -2.65. The Bertz CT molecular complexity index is 1110. The molecule has 1 aromatic heterocycles. The third-order valence-electron chi connectivity index (χ3n) is 4.18. The molecule has 0 amide bonds. The molecule has 0 N–H and O–H groups in total. The summed E-state index contributed by atoms with van der Waals surface area (Å²) in [6, 6.07) is 8.28. The largest absolute Gasteiger partial charge is 0.803 e. The van der Waals surface area contributed by atoms with Crippen molar-refractivity contribution in [3.63, 3.8) is 0 Å². The number of hydrogen-bond donors (Lipinski definition) is 0. The summed E-state index contributed by atoms with van der Waals surface area (Å²) in [5.41, 5.74) is 1.80. The van der Waals surface area contributed by atoms with Crippen molar-refractivity contribution in [3.05, 3.63) is 36.5 Å². The van der Waals surface area contributed by atoms with Gasteiger partial charge in [0.05, 0.1) is 25.3 Å². The first-order chi connectivity index (χ1) is 13.9. The number of benzene rings is 2.